The lowest BCUT2D eigenvalue weighted by Crippen LogP contribution is -2.46. The first-order chi connectivity index (χ1) is 14.9. The molecule has 0 radical (unpaired) electrons. The van der Waals surface area contributed by atoms with E-state index >= 15 is 0 Å². The average molecular weight is 437 g/mol. The van der Waals surface area contributed by atoms with E-state index in [9.17, 15) is 14.9 Å². The van der Waals surface area contributed by atoms with Gasteiger partial charge in [-0.3, -0.25) is 15.0 Å². The number of urea groups is 1. The van der Waals surface area contributed by atoms with Gasteiger partial charge in [-0.2, -0.15) is 0 Å². The second-order valence-corrected chi connectivity index (χ2v) is 7.84. The third-order valence-electron chi connectivity index (χ3n) is 5.32. The summed E-state index contributed by atoms with van der Waals surface area (Å²) in [5, 5.41) is 17.5. The van der Waals surface area contributed by atoms with Crippen LogP contribution in [-0.2, 0) is 0 Å². The van der Waals surface area contributed by atoms with Crippen molar-refractivity contribution >= 4 is 40.4 Å². The minimum atomic E-state index is -0.573. The van der Waals surface area contributed by atoms with Crippen molar-refractivity contribution < 1.29 is 9.72 Å². The zero-order chi connectivity index (χ0) is 22.0. The van der Waals surface area contributed by atoms with Gasteiger partial charge >= 0.3 is 6.03 Å². The fourth-order valence-electron chi connectivity index (χ4n) is 3.91. The highest BCUT2D eigenvalue weighted by Crippen LogP contribution is 2.39. The summed E-state index contributed by atoms with van der Waals surface area (Å²) < 4.78 is 0. The van der Waals surface area contributed by atoms with Crippen molar-refractivity contribution in [2.75, 3.05) is 15.5 Å². The molecule has 31 heavy (non-hydrogen) atoms. The van der Waals surface area contributed by atoms with E-state index in [-0.39, 0.29) is 28.8 Å². The molecule has 2 atom stereocenters. The van der Waals surface area contributed by atoms with Gasteiger partial charge in [0.25, 0.3) is 5.69 Å². The van der Waals surface area contributed by atoms with Crippen LogP contribution in [0, 0.1) is 10.1 Å². The van der Waals surface area contributed by atoms with E-state index in [1.165, 1.54) is 12.1 Å². The van der Waals surface area contributed by atoms with Crippen molar-refractivity contribution in [3.63, 3.8) is 0 Å². The van der Waals surface area contributed by atoms with Gasteiger partial charge in [-0.05, 0) is 49.2 Å². The Kier molecular flexibility index (Phi) is 5.77. The van der Waals surface area contributed by atoms with Crippen molar-refractivity contribution in [2.45, 2.75) is 25.4 Å². The molecule has 2 N–H and O–H groups in total. The minimum Gasteiger partial charge on any atom is -0.378 e. The molecule has 3 aromatic carbocycles. The summed E-state index contributed by atoms with van der Waals surface area (Å²) in [6.45, 7) is 1.99. The average Bonchev–Trinajstić information content (AvgIpc) is 2.75. The highest BCUT2D eigenvalue weighted by Gasteiger charge is 2.33. The summed E-state index contributed by atoms with van der Waals surface area (Å²) in [5.74, 6) is 0. The van der Waals surface area contributed by atoms with Crippen LogP contribution in [0.15, 0.2) is 72.8 Å². The zero-order valence-corrected chi connectivity index (χ0v) is 17.5. The smallest absolute Gasteiger partial charge is 0.326 e. The van der Waals surface area contributed by atoms with Crippen LogP contribution in [-0.4, -0.2) is 17.0 Å². The van der Waals surface area contributed by atoms with Crippen LogP contribution in [0.5, 0.6) is 0 Å². The summed E-state index contributed by atoms with van der Waals surface area (Å²) in [5.41, 5.74) is 2.90. The minimum absolute atomic E-state index is 0.0227. The van der Waals surface area contributed by atoms with E-state index in [1.807, 2.05) is 61.5 Å². The fourth-order valence-corrected chi connectivity index (χ4v) is 4.09. The second-order valence-electron chi connectivity index (χ2n) is 7.43. The standard InChI is InChI=1S/C23H21ClN4O3/c1-15-13-20(25-16-7-3-2-4-8-16)18-9-5-6-10-21(18)27(15)23(29)26-17-11-12-19(24)22(14-17)28(30)31/h2-12,14-15,20,25H,13H2,1H3,(H,26,29). The predicted octanol–water partition coefficient (Wildman–Crippen LogP) is 6.23. The van der Waals surface area contributed by atoms with Crippen LogP contribution in [0.3, 0.4) is 0 Å². The Labute approximate surface area is 184 Å². The lowest BCUT2D eigenvalue weighted by Gasteiger charge is -2.39. The van der Waals surface area contributed by atoms with Gasteiger partial charge in [0, 0.05) is 23.5 Å². The van der Waals surface area contributed by atoms with E-state index in [0.29, 0.717) is 12.1 Å². The van der Waals surface area contributed by atoms with Gasteiger partial charge in [-0.25, -0.2) is 4.79 Å². The molecule has 7 nitrogen and oxygen atoms in total. The van der Waals surface area contributed by atoms with Crippen LogP contribution in [0.25, 0.3) is 0 Å². The SMILES string of the molecule is CC1CC(Nc2ccccc2)c2ccccc2N1C(=O)Nc1ccc(Cl)c([N+](=O)[O-])c1. The molecule has 158 valence electrons. The molecule has 0 fully saturated rings. The van der Waals surface area contributed by atoms with E-state index in [4.69, 9.17) is 11.6 Å². The molecule has 1 heterocycles. The number of benzene rings is 3. The van der Waals surface area contributed by atoms with Crippen molar-refractivity contribution in [2.24, 2.45) is 0 Å². The normalized spacial score (nSPS) is 17.5. The maximum atomic E-state index is 13.2. The van der Waals surface area contributed by atoms with Crippen LogP contribution < -0.4 is 15.5 Å². The maximum absolute atomic E-state index is 13.2. The van der Waals surface area contributed by atoms with Gasteiger partial charge in [0.2, 0.25) is 0 Å². The number of anilines is 3. The molecule has 1 aliphatic heterocycles. The highest BCUT2D eigenvalue weighted by molar-refractivity contribution is 6.32. The lowest BCUT2D eigenvalue weighted by atomic mass is 9.91. The van der Waals surface area contributed by atoms with E-state index in [1.54, 1.807) is 11.0 Å². The number of nitrogens with zero attached hydrogens (tertiary/aromatic N) is 2. The van der Waals surface area contributed by atoms with Crippen molar-refractivity contribution in [1.82, 2.24) is 0 Å². The topological polar surface area (TPSA) is 87.5 Å². The summed E-state index contributed by atoms with van der Waals surface area (Å²) in [6, 6.07) is 21.5. The Balaban J connectivity index is 1.61. The molecule has 4 rings (SSSR count). The lowest BCUT2D eigenvalue weighted by molar-refractivity contribution is -0.384. The highest BCUT2D eigenvalue weighted by atomic mass is 35.5. The first-order valence-corrected chi connectivity index (χ1v) is 10.3. The number of carbonyl (C=O) groups excluding carboxylic acids is 1. The molecule has 0 aliphatic carbocycles. The number of nitro benzene ring substituents is 1. The first-order valence-electron chi connectivity index (χ1n) is 9.88. The molecule has 0 aromatic heterocycles. The molecule has 1 aliphatic rings. The Hall–Kier alpha value is -3.58. The molecule has 0 spiro atoms. The van der Waals surface area contributed by atoms with Gasteiger partial charge < -0.3 is 10.6 Å². The number of hydrogen-bond acceptors (Lipinski definition) is 4. The van der Waals surface area contributed by atoms with Crippen molar-refractivity contribution in [3.8, 4) is 0 Å². The number of halogens is 1. The molecule has 2 amide bonds. The van der Waals surface area contributed by atoms with Gasteiger partial charge in [-0.15, -0.1) is 0 Å². The van der Waals surface area contributed by atoms with Gasteiger partial charge in [0.05, 0.1) is 16.7 Å². The van der Waals surface area contributed by atoms with E-state index < -0.39 is 4.92 Å². The van der Waals surface area contributed by atoms with E-state index in [2.05, 4.69) is 10.6 Å². The van der Waals surface area contributed by atoms with Crippen LogP contribution in [0.4, 0.5) is 27.5 Å². The summed E-state index contributed by atoms with van der Waals surface area (Å²) >= 11 is 5.88. The maximum Gasteiger partial charge on any atom is 0.326 e. The molecule has 0 saturated carbocycles. The third-order valence-corrected chi connectivity index (χ3v) is 5.64. The number of carbonyl (C=O) groups is 1. The summed E-state index contributed by atoms with van der Waals surface area (Å²) in [6.07, 6.45) is 0.708. The number of fused-ring (bicyclic) bond motifs is 1. The van der Waals surface area contributed by atoms with E-state index in [0.717, 1.165) is 16.9 Å². The number of nitro groups is 1. The number of para-hydroxylation sites is 2. The number of hydrogen-bond donors (Lipinski definition) is 2. The zero-order valence-electron chi connectivity index (χ0n) is 16.8. The van der Waals surface area contributed by atoms with Crippen LogP contribution in [0.1, 0.15) is 24.9 Å². The molecule has 3 aromatic rings. The van der Waals surface area contributed by atoms with Crippen molar-refractivity contribution in [1.29, 1.82) is 0 Å². The number of amides is 2. The fraction of sp³-hybridized carbons (Fsp3) is 0.174. The van der Waals surface area contributed by atoms with Gasteiger partial charge in [0.15, 0.2) is 0 Å². The number of nitrogens with one attached hydrogen (secondary N) is 2. The van der Waals surface area contributed by atoms with Gasteiger partial charge in [0.1, 0.15) is 5.02 Å². The first kappa shape index (κ1) is 20.7. The summed E-state index contributed by atoms with van der Waals surface area (Å²) in [4.78, 5) is 25.4. The monoisotopic (exact) mass is 436 g/mol. The Morgan fingerprint density at radius 3 is 2.52 bits per heavy atom. The Bertz CT molecular complexity index is 1120. The Morgan fingerprint density at radius 1 is 1.06 bits per heavy atom. The molecular formula is C23H21ClN4O3. The molecule has 0 bridgehead atoms. The van der Waals surface area contributed by atoms with Crippen LogP contribution >= 0.6 is 11.6 Å². The van der Waals surface area contributed by atoms with Crippen molar-refractivity contribution in [3.05, 3.63) is 93.5 Å². The van der Waals surface area contributed by atoms with Crippen LogP contribution in [0.2, 0.25) is 5.02 Å². The van der Waals surface area contributed by atoms with Gasteiger partial charge in [-0.1, -0.05) is 48.0 Å². The molecular weight excluding hydrogens is 416 g/mol. The quantitative estimate of drug-likeness (QED) is 0.374. The third kappa shape index (κ3) is 4.32. The molecule has 0 saturated heterocycles. The second kappa shape index (κ2) is 8.65. The predicted molar refractivity (Wildman–Crippen MR) is 123 cm³/mol. The molecule has 2 unspecified atom stereocenters. The Morgan fingerprint density at radius 2 is 1.77 bits per heavy atom. The largest absolute Gasteiger partial charge is 0.378 e. The molecule has 8 heteroatoms. The number of rotatable bonds is 4. The summed E-state index contributed by atoms with van der Waals surface area (Å²) in [7, 11) is 0.